The molecule has 2 heteroatoms. The van der Waals surface area contributed by atoms with Crippen molar-refractivity contribution in [3.63, 3.8) is 0 Å². The average molecular weight is 159 g/mol. The fourth-order valence-electron chi connectivity index (χ4n) is 0.976. The van der Waals surface area contributed by atoms with Crippen molar-refractivity contribution in [2.75, 3.05) is 13.1 Å². The molecule has 1 nitrogen and oxygen atoms in total. The van der Waals surface area contributed by atoms with Crippen molar-refractivity contribution < 1.29 is 0 Å². The Bertz CT molecular complexity index is 75.7. The molecule has 0 saturated heterocycles. The Hall–Kier alpha value is 0.177. The molecule has 0 aliphatic rings. The maximum Gasteiger partial charge on any atom is 0.00711 e. The molecule has 0 heterocycles. The van der Waals surface area contributed by atoms with E-state index in [1.165, 1.54) is 23.2 Å². The minimum absolute atomic E-state index is 0.886. The Balaban J connectivity index is 3.31. The third kappa shape index (κ3) is 4.07. The van der Waals surface area contributed by atoms with Gasteiger partial charge < -0.3 is 5.32 Å². The Morgan fingerprint density at radius 3 is 2.40 bits per heavy atom. The molecule has 2 unspecified atom stereocenters. The third-order valence-electron chi connectivity index (χ3n) is 2.33. The number of hydrogen-bond donors (Lipinski definition) is 1. The smallest absolute Gasteiger partial charge is 0.00711 e. The number of nitrogens with one attached hydrogen (secondary N) is 1. The zero-order valence-electron chi connectivity index (χ0n) is 7.78. The molecule has 62 valence electrons. The number of hydrogen-bond acceptors (Lipinski definition) is 1. The average Bonchev–Trinajstić information content (AvgIpc) is 1.98. The van der Waals surface area contributed by atoms with Crippen LogP contribution in [0.25, 0.3) is 0 Å². The van der Waals surface area contributed by atoms with Crippen molar-refractivity contribution in [1.82, 2.24) is 5.32 Å². The molecule has 0 saturated carbocycles. The van der Waals surface area contributed by atoms with Gasteiger partial charge in [0.05, 0.1) is 0 Å². The fraction of sp³-hybridized carbons (Fsp3) is 1.00. The van der Waals surface area contributed by atoms with Crippen LogP contribution in [0.4, 0.5) is 0 Å². The van der Waals surface area contributed by atoms with Crippen LogP contribution in [-0.4, -0.2) is 23.3 Å². The summed E-state index contributed by atoms with van der Waals surface area (Å²) in [5.74, 6) is 0.886. The summed E-state index contributed by atoms with van der Waals surface area (Å²) in [6.07, 6.45) is 1.36. The second-order valence-electron chi connectivity index (χ2n) is 3.17. The van der Waals surface area contributed by atoms with Crippen molar-refractivity contribution in [2.45, 2.75) is 32.7 Å². The summed E-state index contributed by atoms with van der Waals surface area (Å²) in [7, 11) is 1.35. The van der Waals surface area contributed by atoms with Crippen molar-refractivity contribution in [3.8, 4) is 0 Å². The van der Waals surface area contributed by atoms with E-state index in [1.807, 2.05) is 0 Å². The molecule has 0 bridgehead atoms. The highest BCUT2D eigenvalue weighted by molar-refractivity contribution is 6.11. The molecule has 0 fully saturated rings. The van der Waals surface area contributed by atoms with E-state index in [2.05, 4.69) is 26.1 Å². The molecule has 0 amide bonds. The molecule has 2 atom stereocenters. The summed E-state index contributed by atoms with van der Waals surface area (Å²) in [6, 6.07) is 0. The van der Waals surface area contributed by atoms with Gasteiger partial charge in [0, 0.05) is 10.2 Å². The van der Waals surface area contributed by atoms with Crippen LogP contribution in [0.2, 0.25) is 5.54 Å². The van der Waals surface area contributed by atoms with Gasteiger partial charge in [-0.1, -0.05) is 32.7 Å². The van der Waals surface area contributed by atoms with Crippen LogP contribution in [0.15, 0.2) is 0 Å². The van der Waals surface area contributed by atoms with Gasteiger partial charge in [-0.15, -0.1) is 0 Å². The molecule has 0 aliphatic heterocycles. The summed E-state index contributed by atoms with van der Waals surface area (Å²) in [6.45, 7) is 9.13. The van der Waals surface area contributed by atoms with Gasteiger partial charge in [0.15, 0.2) is 0 Å². The molecule has 0 aromatic carbocycles. The van der Waals surface area contributed by atoms with Crippen molar-refractivity contribution >= 4 is 10.2 Å². The first kappa shape index (κ1) is 10.2. The largest absolute Gasteiger partial charge is 0.317 e. The van der Waals surface area contributed by atoms with Crippen molar-refractivity contribution in [1.29, 1.82) is 0 Å². The molecule has 0 spiro atoms. The predicted octanol–water partition coefficient (Wildman–Crippen LogP) is 0.796. The van der Waals surface area contributed by atoms with Gasteiger partial charge in [-0.3, -0.25) is 0 Å². The van der Waals surface area contributed by atoms with Crippen LogP contribution in [0.3, 0.4) is 0 Å². The van der Waals surface area contributed by atoms with Gasteiger partial charge in [0.25, 0.3) is 0 Å². The van der Waals surface area contributed by atoms with Crippen LogP contribution in [-0.2, 0) is 0 Å². The Kier molecular flexibility index (Phi) is 6.03. The highest BCUT2D eigenvalue weighted by Crippen LogP contribution is 2.16. The first-order valence-electron chi connectivity index (χ1n) is 4.43. The number of rotatable bonds is 5. The quantitative estimate of drug-likeness (QED) is 0.585. The zero-order chi connectivity index (χ0) is 7.98. The lowest BCUT2D eigenvalue weighted by atomic mass is 10.1. The highest BCUT2D eigenvalue weighted by atomic mass is 28.1. The van der Waals surface area contributed by atoms with E-state index in [0.29, 0.717) is 0 Å². The minimum Gasteiger partial charge on any atom is -0.317 e. The Morgan fingerprint density at radius 2 is 2.00 bits per heavy atom. The molecule has 0 radical (unpaired) electrons. The Labute approximate surface area is 68.0 Å². The first-order chi connectivity index (χ1) is 4.72. The topological polar surface area (TPSA) is 12.0 Å². The SMILES string of the molecule is CCNCC(C)C([SiH3])CC. The van der Waals surface area contributed by atoms with Gasteiger partial charge in [-0.05, 0) is 19.0 Å². The molecule has 10 heavy (non-hydrogen) atoms. The highest BCUT2D eigenvalue weighted by Gasteiger charge is 2.07. The summed E-state index contributed by atoms with van der Waals surface area (Å²) in [5.41, 5.74) is 0.999. The molecule has 0 aliphatic carbocycles. The molecular weight excluding hydrogens is 138 g/mol. The van der Waals surface area contributed by atoms with Crippen LogP contribution in [0, 0.1) is 5.92 Å². The van der Waals surface area contributed by atoms with Crippen LogP contribution >= 0.6 is 0 Å². The standard InChI is InChI=1S/C8H21NSi/c1-4-8(10)7(3)6-9-5-2/h7-9H,4-6H2,1-3,10H3. The minimum atomic E-state index is 0.886. The van der Waals surface area contributed by atoms with Gasteiger partial charge in [0.1, 0.15) is 0 Å². The third-order valence-corrected chi connectivity index (χ3v) is 4.29. The van der Waals surface area contributed by atoms with E-state index >= 15 is 0 Å². The monoisotopic (exact) mass is 159 g/mol. The molecule has 1 N–H and O–H groups in total. The lowest BCUT2D eigenvalue weighted by molar-refractivity contribution is 0.484. The normalized spacial score (nSPS) is 17.1. The molecule has 0 aromatic heterocycles. The lowest BCUT2D eigenvalue weighted by Gasteiger charge is -2.17. The van der Waals surface area contributed by atoms with E-state index < -0.39 is 0 Å². The molecular formula is C8H21NSi. The van der Waals surface area contributed by atoms with Gasteiger partial charge in [0.2, 0.25) is 0 Å². The van der Waals surface area contributed by atoms with E-state index in [-0.39, 0.29) is 0 Å². The first-order valence-corrected chi connectivity index (χ1v) is 5.58. The Morgan fingerprint density at radius 1 is 1.40 bits per heavy atom. The van der Waals surface area contributed by atoms with Gasteiger partial charge in [-0.25, -0.2) is 0 Å². The van der Waals surface area contributed by atoms with E-state index in [9.17, 15) is 0 Å². The van der Waals surface area contributed by atoms with E-state index in [0.717, 1.165) is 18.0 Å². The van der Waals surface area contributed by atoms with E-state index in [4.69, 9.17) is 0 Å². The maximum atomic E-state index is 3.39. The second-order valence-corrected chi connectivity index (χ2v) is 4.65. The summed E-state index contributed by atoms with van der Waals surface area (Å²) in [5, 5.41) is 3.39. The maximum absolute atomic E-state index is 3.39. The van der Waals surface area contributed by atoms with Crippen LogP contribution in [0.5, 0.6) is 0 Å². The molecule has 0 aromatic rings. The summed E-state index contributed by atoms with van der Waals surface area (Å²) < 4.78 is 0. The van der Waals surface area contributed by atoms with Crippen molar-refractivity contribution in [2.24, 2.45) is 5.92 Å². The summed E-state index contributed by atoms with van der Waals surface area (Å²) in [4.78, 5) is 0. The summed E-state index contributed by atoms with van der Waals surface area (Å²) >= 11 is 0. The van der Waals surface area contributed by atoms with Crippen LogP contribution in [0.1, 0.15) is 27.2 Å². The van der Waals surface area contributed by atoms with Crippen molar-refractivity contribution in [3.05, 3.63) is 0 Å². The molecule has 0 rings (SSSR count). The predicted molar refractivity (Wildman–Crippen MR) is 51.7 cm³/mol. The van der Waals surface area contributed by atoms with Gasteiger partial charge >= 0.3 is 0 Å². The fourth-order valence-corrected chi connectivity index (χ4v) is 1.21. The lowest BCUT2D eigenvalue weighted by Crippen LogP contribution is -2.23. The second kappa shape index (κ2) is 5.92. The van der Waals surface area contributed by atoms with Crippen LogP contribution < -0.4 is 5.32 Å². The zero-order valence-corrected chi connectivity index (χ0v) is 9.78. The van der Waals surface area contributed by atoms with E-state index in [1.54, 1.807) is 0 Å². The van der Waals surface area contributed by atoms with Gasteiger partial charge in [-0.2, -0.15) is 0 Å².